The summed E-state index contributed by atoms with van der Waals surface area (Å²) in [4.78, 5) is 16.3. The predicted molar refractivity (Wildman–Crippen MR) is 89.3 cm³/mol. The van der Waals surface area contributed by atoms with Gasteiger partial charge in [0, 0.05) is 18.0 Å². The second-order valence-corrected chi connectivity index (χ2v) is 5.53. The van der Waals surface area contributed by atoms with E-state index in [1.165, 1.54) is 0 Å². The molecule has 3 aromatic rings. The molecule has 4 nitrogen and oxygen atoms in total. The maximum atomic E-state index is 12.3. The first-order valence-electron chi connectivity index (χ1n) is 7.20. The zero-order valence-electron chi connectivity index (χ0n) is 12.5. The first kappa shape index (κ1) is 15.3. The summed E-state index contributed by atoms with van der Waals surface area (Å²) in [6.07, 6.45) is 3.39. The van der Waals surface area contributed by atoms with E-state index >= 15 is 0 Å². The Morgan fingerprint density at radius 3 is 2.61 bits per heavy atom. The Kier molecular flexibility index (Phi) is 4.44. The molecule has 0 radical (unpaired) electrons. The highest BCUT2D eigenvalue weighted by Gasteiger charge is 2.16. The van der Waals surface area contributed by atoms with Crippen molar-refractivity contribution in [2.45, 2.75) is 13.0 Å². The summed E-state index contributed by atoms with van der Waals surface area (Å²) in [5.41, 5.74) is 1.74. The van der Waals surface area contributed by atoms with E-state index in [0.29, 0.717) is 10.8 Å². The Hall–Kier alpha value is -2.59. The molecule has 1 atom stereocenters. The highest BCUT2D eigenvalue weighted by atomic mass is 35.5. The van der Waals surface area contributed by atoms with Crippen molar-refractivity contribution in [3.05, 3.63) is 77.3 Å². The highest BCUT2D eigenvalue weighted by molar-refractivity contribution is 6.33. The van der Waals surface area contributed by atoms with Gasteiger partial charge in [-0.1, -0.05) is 23.7 Å². The van der Waals surface area contributed by atoms with Crippen molar-refractivity contribution in [1.82, 2.24) is 10.3 Å². The number of pyridine rings is 1. The molecule has 0 spiro atoms. The van der Waals surface area contributed by atoms with Gasteiger partial charge in [-0.2, -0.15) is 0 Å². The molecular formula is C18H15ClN2O2. The fraction of sp³-hybridized carbons (Fsp3) is 0.111. The van der Waals surface area contributed by atoms with Crippen LogP contribution in [0.25, 0.3) is 11.3 Å². The Labute approximate surface area is 139 Å². The number of nitrogens with zero attached hydrogens (tertiary/aromatic N) is 1. The average molecular weight is 327 g/mol. The molecule has 0 bridgehead atoms. The lowest BCUT2D eigenvalue weighted by atomic mass is 10.1. The molecular weight excluding hydrogens is 312 g/mol. The van der Waals surface area contributed by atoms with Crippen LogP contribution in [0, 0.1) is 0 Å². The molecule has 0 aliphatic heterocycles. The normalized spacial score (nSPS) is 11.9. The van der Waals surface area contributed by atoms with Crippen LogP contribution < -0.4 is 5.32 Å². The van der Waals surface area contributed by atoms with E-state index in [0.717, 1.165) is 11.1 Å². The van der Waals surface area contributed by atoms with Gasteiger partial charge in [-0.25, -0.2) is 0 Å². The van der Waals surface area contributed by atoms with Gasteiger partial charge in [0.1, 0.15) is 5.76 Å². The van der Waals surface area contributed by atoms with Crippen molar-refractivity contribution in [2.75, 3.05) is 0 Å². The number of hydrogen-bond acceptors (Lipinski definition) is 3. The Morgan fingerprint density at radius 2 is 1.87 bits per heavy atom. The lowest BCUT2D eigenvalue weighted by Crippen LogP contribution is -2.26. The van der Waals surface area contributed by atoms with Gasteiger partial charge >= 0.3 is 0 Å². The lowest BCUT2D eigenvalue weighted by Gasteiger charge is -2.12. The molecule has 1 N–H and O–H groups in total. The van der Waals surface area contributed by atoms with E-state index in [2.05, 4.69) is 10.3 Å². The Morgan fingerprint density at radius 1 is 1.13 bits per heavy atom. The zero-order chi connectivity index (χ0) is 16.2. The molecule has 0 aliphatic carbocycles. The number of aromatic nitrogens is 1. The molecule has 116 valence electrons. The molecule has 0 aliphatic rings. The van der Waals surface area contributed by atoms with Crippen LogP contribution in [0.1, 0.15) is 29.1 Å². The highest BCUT2D eigenvalue weighted by Crippen LogP contribution is 2.29. The fourth-order valence-electron chi connectivity index (χ4n) is 2.27. The van der Waals surface area contributed by atoms with Gasteiger partial charge in [-0.05, 0) is 48.9 Å². The quantitative estimate of drug-likeness (QED) is 0.768. The number of rotatable bonds is 4. The molecule has 1 aromatic carbocycles. The number of halogens is 1. The van der Waals surface area contributed by atoms with Crippen LogP contribution in [0.3, 0.4) is 0 Å². The summed E-state index contributed by atoms with van der Waals surface area (Å²) in [5, 5.41) is 3.48. The minimum atomic E-state index is -0.271. The van der Waals surface area contributed by atoms with Crippen LogP contribution in [-0.4, -0.2) is 10.9 Å². The maximum absolute atomic E-state index is 12.3. The molecule has 1 amide bonds. The van der Waals surface area contributed by atoms with Crippen molar-refractivity contribution < 1.29 is 9.21 Å². The van der Waals surface area contributed by atoms with Crippen LogP contribution in [0.15, 0.2) is 65.3 Å². The van der Waals surface area contributed by atoms with Crippen LogP contribution >= 0.6 is 11.6 Å². The van der Waals surface area contributed by atoms with E-state index in [4.69, 9.17) is 16.0 Å². The van der Waals surface area contributed by atoms with E-state index < -0.39 is 0 Å². The first-order valence-corrected chi connectivity index (χ1v) is 7.58. The smallest absolute Gasteiger partial charge is 0.287 e. The Bertz CT molecular complexity index is 815. The molecule has 0 saturated heterocycles. The van der Waals surface area contributed by atoms with Crippen LogP contribution in [0.2, 0.25) is 5.02 Å². The van der Waals surface area contributed by atoms with E-state index in [-0.39, 0.29) is 17.7 Å². The molecule has 2 aromatic heterocycles. The van der Waals surface area contributed by atoms with Crippen molar-refractivity contribution in [2.24, 2.45) is 0 Å². The number of furan rings is 1. The van der Waals surface area contributed by atoms with Crippen LogP contribution in [0.4, 0.5) is 0 Å². The molecule has 23 heavy (non-hydrogen) atoms. The molecule has 0 fully saturated rings. The topological polar surface area (TPSA) is 55.1 Å². The minimum Gasteiger partial charge on any atom is -0.451 e. The van der Waals surface area contributed by atoms with Crippen LogP contribution in [0.5, 0.6) is 0 Å². The van der Waals surface area contributed by atoms with E-state index in [1.807, 2.05) is 37.3 Å². The number of amides is 1. The lowest BCUT2D eigenvalue weighted by molar-refractivity contribution is 0.0912. The number of carbonyl (C=O) groups excluding carboxylic acids is 1. The molecule has 2 heterocycles. The van der Waals surface area contributed by atoms with Gasteiger partial charge in [-0.15, -0.1) is 0 Å². The van der Waals surface area contributed by atoms with Crippen molar-refractivity contribution in [1.29, 1.82) is 0 Å². The largest absolute Gasteiger partial charge is 0.451 e. The first-order chi connectivity index (χ1) is 11.1. The number of carbonyl (C=O) groups is 1. The maximum Gasteiger partial charge on any atom is 0.287 e. The van der Waals surface area contributed by atoms with Gasteiger partial charge in [-0.3, -0.25) is 9.78 Å². The number of benzene rings is 1. The summed E-state index contributed by atoms with van der Waals surface area (Å²) in [5.74, 6) is 0.547. The van der Waals surface area contributed by atoms with Crippen molar-refractivity contribution in [3.8, 4) is 11.3 Å². The average Bonchev–Trinajstić information content (AvgIpc) is 3.06. The molecule has 3 rings (SSSR count). The minimum absolute atomic E-state index is 0.139. The van der Waals surface area contributed by atoms with E-state index in [1.54, 1.807) is 30.6 Å². The third-order valence-electron chi connectivity index (χ3n) is 3.52. The monoisotopic (exact) mass is 326 g/mol. The van der Waals surface area contributed by atoms with Crippen LogP contribution in [-0.2, 0) is 0 Å². The molecule has 5 heteroatoms. The van der Waals surface area contributed by atoms with Gasteiger partial charge < -0.3 is 9.73 Å². The summed E-state index contributed by atoms with van der Waals surface area (Å²) in [6.45, 7) is 1.91. The number of nitrogens with one attached hydrogen (secondary N) is 1. The fourth-order valence-corrected chi connectivity index (χ4v) is 2.50. The molecule has 0 saturated carbocycles. The summed E-state index contributed by atoms with van der Waals surface area (Å²) >= 11 is 6.15. The second-order valence-electron chi connectivity index (χ2n) is 5.12. The number of hydrogen-bond donors (Lipinski definition) is 1. The third-order valence-corrected chi connectivity index (χ3v) is 3.85. The van der Waals surface area contributed by atoms with E-state index in [9.17, 15) is 4.79 Å². The standard InChI is InChI=1S/C18H15ClN2O2/c1-12(13-8-10-20-11-9-13)21-18(22)17-7-6-16(23-17)14-4-2-3-5-15(14)19/h2-12H,1H3,(H,21,22). The molecule has 1 unspecified atom stereocenters. The summed E-state index contributed by atoms with van der Waals surface area (Å²) < 4.78 is 5.64. The van der Waals surface area contributed by atoms with Crippen molar-refractivity contribution >= 4 is 17.5 Å². The predicted octanol–water partition coefficient (Wildman–Crippen LogP) is 4.49. The van der Waals surface area contributed by atoms with Crippen molar-refractivity contribution in [3.63, 3.8) is 0 Å². The Balaban J connectivity index is 1.75. The van der Waals surface area contributed by atoms with Gasteiger partial charge in [0.15, 0.2) is 5.76 Å². The summed E-state index contributed by atoms with van der Waals surface area (Å²) in [7, 11) is 0. The van der Waals surface area contributed by atoms with Gasteiger partial charge in [0.25, 0.3) is 5.91 Å². The van der Waals surface area contributed by atoms with Gasteiger partial charge in [0.2, 0.25) is 0 Å². The summed E-state index contributed by atoms with van der Waals surface area (Å²) in [6, 6.07) is 14.3. The zero-order valence-corrected chi connectivity index (χ0v) is 13.2. The SMILES string of the molecule is CC(NC(=O)c1ccc(-c2ccccc2Cl)o1)c1ccncc1. The third kappa shape index (κ3) is 3.43. The second kappa shape index (κ2) is 6.67. The van der Waals surface area contributed by atoms with Gasteiger partial charge in [0.05, 0.1) is 11.1 Å².